The lowest BCUT2D eigenvalue weighted by Gasteiger charge is -2.12. The molecule has 0 radical (unpaired) electrons. The predicted molar refractivity (Wildman–Crippen MR) is 89.9 cm³/mol. The van der Waals surface area contributed by atoms with E-state index in [1.807, 2.05) is 0 Å². The minimum atomic E-state index is -3.83. The van der Waals surface area contributed by atoms with Crippen LogP contribution in [0.1, 0.15) is 31.2 Å². The maximum absolute atomic E-state index is 13.3. The number of nitrogens with one attached hydrogen (secondary N) is 2. The first-order valence-electron chi connectivity index (χ1n) is 7.83. The number of aromatic nitrogens is 2. The molecule has 2 N–H and O–H groups in total. The molecule has 0 spiro atoms. The van der Waals surface area contributed by atoms with Crippen molar-refractivity contribution in [2.45, 2.75) is 43.5 Å². The Bertz CT molecular complexity index is 818. The van der Waals surface area contributed by atoms with Crippen molar-refractivity contribution >= 4 is 21.7 Å². The third kappa shape index (κ3) is 3.81. The van der Waals surface area contributed by atoms with Crippen LogP contribution in [0.4, 0.5) is 16.0 Å². The van der Waals surface area contributed by atoms with Crippen LogP contribution in [0, 0.1) is 12.7 Å². The largest absolute Gasteiger partial charge is 0.366 e. The molecule has 0 atom stereocenters. The van der Waals surface area contributed by atoms with Gasteiger partial charge in [-0.25, -0.2) is 12.8 Å². The molecule has 1 aliphatic carbocycles. The Kier molecular flexibility index (Phi) is 4.66. The number of benzene rings is 1. The third-order valence-corrected chi connectivity index (χ3v) is 5.40. The first-order valence-corrected chi connectivity index (χ1v) is 9.31. The van der Waals surface area contributed by atoms with E-state index in [1.165, 1.54) is 31.9 Å². The van der Waals surface area contributed by atoms with E-state index in [0.29, 0.717) is 11.9 Å². The summed E-state index contributed by atoms with van der Waals surface area (Å²) < 4.78 is 40.3. The van der Waals surface area contributed by atoms with Crippen molar-refractivity contribution in [2.75, 3.05) is 10.0 Å². The van der Waals surface area contributed by atoms with Gasteiger partial charge in [-0.3, -0.25) is 4.72 Å². The van der Waals surface area contributed by atoms with Crippen LogP contribution < -0.4 is 10.0 Å². The summed E-state index contributed by atoms with van der Waals surface area (Å²) >= 11 is 0. The monoisotopic (exact) mass is 350 g/mol. The fourth-order valence-electron chi connectivity index (χ4n) is 2.72. The fourth-order valence-corrected chi connectivity index (χ4v) is 3.81. The molecule has 128 valence electrons. The number of sulfonamides is 1. The summed E-state index contributed by atoms with van der Waals surface area (Å²) in [5.41, 5.74) is 0.264. The quantitative estimate of drug-likeness (QED) is 0.866. The molecule has 0 aliphatic heterocycles. The second-order valence-electron chi connectivity index (χ2n) is 5.95. The zero-order valence-corrected chi connectivity index (χ0v) is 14.1. The van der Waals surface area contributed by atoms with Crippen LogP contribution in [0.3, 0.4) is 0 Å². The van der Waals surface area contributed by atoms with E-state index < -0.39 is 15.8 Å². The number of anilines is 2. The van der Waals surface area contributed by atoms with Gasteiger partial charge in [0, 0.05) is 6.04 Å². The highest BCUT2D eigenvalue weighted by Crippen LogP contribution is 2.22. The van der Waals surface area contributed by atoms with Crippen molar-refractivity contribution in [1.82, 2.24) is 10.2 Å². The second kappa shape index (κ2) is 6.72. The maximum Gasteiger partial charge on any atom is 0.263 e. The van der Waals surface area contributed by atoms with Gasteiger partial charge in [0.1, 0.15) is 11.6 Å². The summed E-state index contributed by atoms with van der Waals surface area (Å²) in [6.07, 6.45) is 4.64. The summed E-state index contributed by atoms with van der Waals surface area (Å²) in [5.74, 6) is 0.299. The Hall–Kier alpha value is -2.22. The van der Waals surface area contributed by atoms with Gasteiger partial charge < -0.3 is 5.32 Å². The van der Waals surface area contributed by atoms with E-state index >= 15 is 0 Å². The maximum atomic E-state index is 13.3. The van der Waals surface area contributed by atoms with Crippen molar-refractivity contribution in [3.8, 4) is 0 Å². The van der Waals surface area contributed by atoms with E-state index in [4.69, 9.17) is 0 Å². The molecule has 0 saturated heterocycles. The molecule has 6 nitrogen and oxygen atoms in total. The highest BCUT2D eigenvalue weighted by Gasteiger charge is 2.17. The van der Waals surface area contributed by atoms with Gasteiger partial charge in [-0.15, -0.1) is 10.2 Å². The van der Waals surface area contributed by atoms with Crippen molar-refractivity contribution in [3.05, 3.63) is 41.7 Å². The normalized spacial score (nSPS) is 15.4. The zero-order chi connectivity index (χ0) is 17.2. The summed E-state index contributed by atoms with van der Waals surface area (Å²) in [7, 11) is -3.83. The smallest absolute Gasteiger partial charge is 0.263 e. The van der Waals surface area contributed by atoms with Gasteiger partial charge in [-0.1, -0.05) is 12.8 Å². The van der Waals surface area contributed by atoms with E-state index in [1.54, 1.807) is 12.1 Å². The van der Waals surface area contributed by atoms with Gasteiger partial charge in [0.25, 0.3) is 10.0 Å². The molecular weight excluding hydrogens is 331 g/mol. The molecule has 24 heavy (non-hydrogen) atoms. The SMILES string of the molecule is Cc1cc(S(=O)(=O)Nc2ccc(NC3CCCC3)nn2)ccc1F. The van der Waals surface area contributed by atoms with E-state index in [0.717, 1.165) is 18.9 Å². The number of hydrogen-bond donors (Lipinski definition) is 2. The molecule has 1 aromatic carbocycles. The van der Waals surface area contributed by atoms with Crippen LogP contribution in [0.25, 0.3) is 0 Å². The van der Waals surface area contributed by atoms with Gasteiger partial charge in [-0.05, 0) is 55.7 Å². The molecule has 1 aromatic heterocycles. The Morgan fingerprint density at radius 3 is 2.38 bits per heavy atom. The van der Waals surface area contributed by atoms with Crippen molar-refractivity contribution in [1.29, 1.82) is 0 Å². The van der Waals surface area contributed by atoms with Crippen LogP contribution in [-0.4, -0.2) is 24.7 Å². The van der Waals surface area contributed by atoms with E-state index in [2.05, 4.69) is 20.2 Å². The summed E-state index contributed by atoms with van der Waals surface area (Å²) in [6.45, 7) is 1.51. The Labute approximate surface area is 140 Å². The number of nitrogens with zero attached hydrogens (tertiary/aromatic N) is 2. The summed E-state index contributed by atoms with van der Waals surface area (Å²) in [5, 5.41) is 11.2. The third-order valence-electron chi connectivity index (χ3n) is 4.05. The second-order valence-corrected chi connectivity index (χ2v) is 7.63. The lowest BCUT2D eigenvalue weighted by atomic mass is 10.2. The standard InChI is InChI=1S/C16H19FN4O2S/c1-11-10-13(6-7-14(11)17)24(22,23)21-16-9-8-15(19-20-16)18-12-4-2-3-5-12/h6-10,12H,2-5H2,1H3,(H,18,19)(H,20,21). The lowest BCUT2D eigenvalue weighted by molar-refractivity contribution is 0.598. The average Bonchev–Trinajstić information content (AvgIpc) is 3.04. The van der Waals surface area contributed by atoms with Gasteiger partial charge in [0.05, 0.1) is 4.90 Å². The molecule has 0 bridgehead atoms. The highest BCUT2D eigenvalue weighted by atomic mass is 32.2. The Balaban J connectivity index is 1.71. The van der Waals surface area contributed by atoms with Crippen LogP contribution in [0.5, 0.6) is 0 Å². The van der Waals surface area contributed by atoms with Crippen LogP contribution in [0.15, 0.2) is 35.2 Å². The minimum Gasteiger partial charge on any atom is -0.366 e. The van der Waals surface area contributed by atoms with Crippen molar-refractivity contribution in [2.24, 2.45) is 0 Å². The van der Waals surface area contributed by atoms with Crippen LogP contribution in [0.2, 0.25) is 0 Å². The van der Waals surface area contributed by atoms with Crippen molar-refractivity contribution in [3.63, 3.8) is 0 Å². The first kappa shape index (κ1) is 16.6. The van der Waals surface area contributed by atoms with Gasteiger partial charge in [-0.2, -0.15) is 0 Å². The molecule has 8 heteroatoms. The number of aryl methyl sites for hydroxylation is 1. The molecule has 1 aliphatic rings. The highest BCUT2D eigenvalue weighted by molar-refractivity contribution is 7.92. The number of hydrogen-bond acceptors (Lipinski definition) is 5. The van der Waals surface area contributed by atoms with E-state index in [9.17, 15) is 12.8 Å². The minimum absolute atomic E-state index is 0.0173. The van der Waals surface area contributed by atoms with Crippen molar-refractivity contribution < 1.29 is 12.8 Å². The first-order chi connectivity index (χ1) is 11.4. The molecule has 0 amide bonds. The molecule has 2 aromatic rings. The Morgan fingerprint density at radius 2 is 1.75 bits per heavy atom. The molecule has 1 heterocycles. The van der Waals surface area contributed by atoms with Gasteiger partial charge in [0.15, 0.2) is 5.82 Å². The molecule has 3 rings (SSSR count). The van der Waals surface area contributed by atoms with Gasteiger partial charge >= 0.3 is 0 Å². The molecule has 0 unspecified atom stereocenters. The van der Waals surface area contributed by atoms with Gasteiger partial charge in [0.2, 0.25) is 0 Å². The zero-order valence-electron chi connectivity index (χ0n) is 13.3. The lowest BCUT2D eigenvalue weighted by Crippen LogP contribution is -2.17. The predicted octanol–water partition coefficient (Wildman–Crippen LogP) is 3.08. The van der Waals surface area contributed by atoms with Crippen LogP contribution in [-0.2, 0) is 10.0 Å². The summed E-state index contributed by atoms with van der Waals surface area (Å²) in [4.78, 5) is -0.0173. The fraction of sp³-hybridized carbons (Fsp3) is 0.375. The van der Waals surface area contributed by atoms with E-state index in [-0.39, 0.29) is 16.3 Å². The molecular formula is C16H19FN4O2S. The Morgan fingerprint density at radius 1 is 1.08 bits per heavy atom. The molecule has 1 saturated carbocycles. The molecule has 1 fully saturated rings. The summed E-state index contributed by atoms with van der Waals surface area (Å²) in [6, 6.07) is 7.28. The average molecular weight is 350 g/mol. The van der Waals surface area contributed by atoms with Crippen LogP contribution >= 0.6 is 0 Å². The number of rotatable bonds is 5. The number of halogens is 1. The topological polar surface area (TPSA) is 84.0 Å².